The van der Waals surface area contributed by atoms with Crippen LogP contribution in [0.2, 0.25) is 4.34 Å². The quantitative estimate of drug-likeness (QED) is 0.652. The highest BCUT2D eigenvalue weighted by molar-refractivity contribution is 7.89. The molecule has 0 radical (unpaired) electrons. The summed E-state index contributed by atoms with van der Waals surface area (Å²) in [6.45, 7) is 7.05. The third kappa shape index (κ3) is 5.31. The lowest BCUT2D eigenvalue weighted by molar-refractivity contribution is 0.0629. The topological polar surface area (TPSA) is 60.9 Å². The molecule has 1 aromatic carbocycles. The zero-order valence-electron chi connectivity index (χ0n) is 17.7. The van der Waals surface area contributed by atoms with Crippen molar-refractivity contribution in [2.24, 2.45) is 5.92 Å². The zero-order chi connectivity index (χ0) is 22.0. The largest absolute Gasteiger partial charge is 0.336 e. The van der Waals surface area contributed by atoms with E-state index >= 15 is 0 Å². The number of carbonyl (C=O) groups excluding carboxylic acids is 1. The number of nitrogens with zero attached hydrogens (tertiary/aromatic N) is 3. The Morgan fingerprint density at radius 2 is 1.65 bits per heavy atom. The number of rotatable bonds is 5. The molecule has 0 spiro atoms. The van der Waals surface area contributed by atoms with Gasteiger partial charge in [0.15, 0.2) is 0 Å². The molecular formula is C22H28ClN3O3S2. The first kappa shape index (κ1) is 22.7. The van der Waals surface area contributed by atoms with Crippen LogP contribution in [0.4, 0.5) is 0 Å². The summed E-state index contributed by atoms with van der Waals surface area (Å²) in [6.07, 6.45) is 1.78. The normalized spacial score (nSPS) is 19.6. The van der Waals surface area contributed by atoms with Gasteiger partial charge in [0.1, 0.15) is 0 Å². The molecule has 3 heterocycles. The van der Waals surface area contributed by atoms with Crippen LogP contribution in [0.1, 0.15) is 35.0 Å². The van der Waals surface area contributed by atoms with Gasteiger partial charge in [0.05, 0.1) is 9.23 Å². The van der Waals surface area contributed by atoms with E-state index in [0.717, 1.165) is 36.8 Å². The number of carbonyl (C=O) groups is 1. The molecule has 2 aliphatic heterocycles. The summed E-state index contributed by atoms with van der Waals surface area (Å²) >= 11 is 7.60. The Morgan fingerprint density at radius 1 is 1.00 bits per heavy atom. The van der Waals surface area contributed by atoms with Crippen LogP contribution in [0.3, 0.4) is 0 Å². The van der Waals surface area contributed by atoms with Crippen molar-refractivity contribution in [2.45, 2.75) is 31.2 Å². The van der Waals surface area contributed by atoms with Gasteiger partial charge < -0.3 is 4.90 Å². The predicted octanol–water partition coefficient (Wildman–Crippen LogP) is 3.78. The molecule has 1 aromatic heterocycles. The van der Waals surface area contributed by atoms with Crippen LogP contribution in [0, 0.1) is 5.92 Å². The molecule has 2 aliphatic rings. The van der Waals surface area contributed by atoms with Crippen molar-refractivity contribution in [1.29, 1.82) is 0 Å². The Hall–Kier alpha value is -1.45. The SMILES string of the molecule is CC1CCN(S(=O)(=O)c2ccc(C(=O)N3CCN(Cc4ccc(Cl)s4)CC3)cc2)CC1. The van der Waals surface area contributed by atoms with Crippen molar-refractivity contribution in [2.75, 3.05) is 39.3 Å². The third-order valence-corrected chi connectivity index (χ3v) is 9.28. The fourth-order valence-corrected chi connectivity index (χ4v) is 6.69. The van der Waals surface area contributed by atoms with E-state index in [-0.39, 0.29) is 10.8 Å². The molecule has 0 aliphatic carbocycles. The lowest BCUT2D eigenvalue weighted by Gasteiger charge is -2.34. The first-order valence-corrected chi connectivity index (χ1v) is 13.3. The fourth-order valence-electron chi connectivity index (χ4n) is 4.09. The number of piperidine rings is 1. The summed E-state index contributed by atoms with van der Waals surface area (Å²) in [5.74, 6) is 0.518. The molecule has 0 atom stereocenters. The lowest BCUT2D eigenvalue weighted by Crippen LogP contribution is -2.48. The van der Waals surface area contributed by atoms with E-state index in [2.05, 4.69) is 11.8 Å². The van der Waals surface area contributed by atoms with Crippen molar-refractivity contribution >= 4 is 38.9 Å². The van der Waals surface area contributed by atoms with Crippen LogP contribution in [0.15, 0.2) is 41.3 Å². The first-order valence-electron chi connectivity index (χ1n) is 10.7. The van der Waals surface area contributed by atoms with Crippen molar-refractivity contribution in [1.82, 2.24) is 14.1 Å². The third-order valence-electron chi connectivity index (χ3n) is 6.15. The highest BCUT2D eigenvalue weighted by Crippen LogP contribution is 2.25. The summed E-state index contributed by atoms with van der Waals surface area (Å²) in [7, 11) is -3.49. The number of sulfonamides is 1. The van der Waals surface area contributed by atoms with Gasteiger partial charge in [-0.2, -0.15) is 4.31 Å². The van der Waals surface area contributed by atoms with Crippen molar-refractivity contribution < 1.29 is 13.2 Å². The number of hydrogen-bond acceptors (Lipinski definition) is 5. The molecule has 2 aromatic rings. The molecule has 0 N–H and O–H groups in total. The van der Waals surface area contributed by atoms with Crippen LogP contribution >= 0.6 is 22.9 Å². The second kappa shape index (κ2) is 9.58. The van der Waals surface area contributed by atoms with Gasteiger partial charge in [0.25, 0.3) is 5.91 Å². The summed E-state index contributed by atoms with van der Waals surface area (Å²) in [5, 5.41) is 0. The van der Waals surface area contributed by atoms with E-state index in [0.29, 0.717) is 37.7 Å². The van der Waals surface area contributed by atoms with Crippen molar-refractivity contribution in [3.8, 4) is 0 Å². The Kier molecular flexibility index (Phi) is 7.03. The molecular weight excluding hydrogens is 454 g/mol. The number of hydrogen-bond donors (Lipinski definition) is 0. The summed E-state index contributed by atoms with van der Waals surface area (Å²) in [4.78, 5) is 18.5. The van der Waals surface area contributed by atoms with E-state index in [1.165, 1.54) is 4.88 Å². The van der Waals surface area contributed by atoms with Gasteiger partial charge in [-0.25, -0.2) is 8.42 Å². The first-order chi connectivity index (χ1) is 14.8. The second-order valence-electron chi connectivity index (χ2n) is 8.39. The number of halogens is 1. The molecule has 168 valence electrons. The Bertz CT molecular complexity index is 1010. The Morgan fingerprint density at radius 3 is 2.23 bits per heavy atom. The molecule has 2 fully saturated rings. The molecule has 2 saturated heterocycles. The monoisotopic (exact) mass is 481 g/mol. The highest BCUT2D eigenvalue weighted by atomic mass is 35.5. The van der Waals surface area contributed by atoms with Gasteiger partial charge in [-0.05, 0) is 55.2 Å². The average molecular weight is 482 g/mol. The van der Waals surface area contributed by atoms with Crippen molar-refractivity contribution in [3.63, 3.8) is 0 Å². The lowest BCUT2D eigenvalue weighted by atomic mass is 10.0. The minimum absolute atomic E-state index is 0.0467. The van der Waals surface area contributed by atoms with E-state index in [1.54, 1.807) is 39.9 Å². The van der Waals surface area contributed by atoms with Gasteiger partial charge in [-0.3, -0.25) is 9.69 Å². The predicted molar refractivity (Wildman–Crippen MR) is 124 cm³/mol. The van der Waals surface area contributed by atoms with Crippen LogP contribution in [0.25, 0.3) is 0 Å². The molecule has 1 amide bonds. The van der Waals surface area contributed by atoms with E-state index in [4.69, 9.17) is 11.6 Å². The molecule has 0 bridgehead atoms. The van der Waals surface area contributed by atoms with Gasteiger partial charge >= 0.3 is 0 Å². The molecule has 9 heteroatoms. The molecule has 31 heavy (non-hydrogen) atoms. The summed E-state index contributed by atoms with van der Waals surface area (Å²) in [5.41, 5.74) is 0.532. The summed E-state index contributed by atoms with van der Waals surface area (Å²) in [6, 6.07) is 10.4. The smallest absolute Gasteiger partial charge is 0.253 e. The number of thiophene rings is 1. The van der Waals surface area contributed by atoms with Crippen LogP contribution < -0.4 is 0 Å². The highest BCUT2D eigenvalue weighted by Gasteiger charge is 2.28. The number of amides is 1. The van der Waals surface area contributed by atoms with Crippen LogP contribution in [-0.2, 0) is 16.6 Å². The number of benzene rings is 1. The van der Waals surface area contributed by atoms with Gasteiger partial charge in [0, 0.05) is 56.3 Å². The maximum Gasteiger partial charge on any atom is 0.253 e. The Labute approximate surface area is 193 Å². The maximum atomic E-state index is 12.9. The van der Waals surface area contributed by atoms with E-state index in [1.807, 2.05) is 17.0 Å². The number of piperazine rings is 1. The molecule has 0 saturated carbocycles. The molecule has 4 rings (SSSR count). The Balaban J connectivity index is 1.34. The van der Waals surface area contributed by atoms with Crippen LogP contribution in [0.5, 0.6) is 0 Å². The van der Waals surface area contributed by atoms with E-state index < -0.39 is 10.0 Å². The van der Waals surface area contributed by atoms with Crippen LogP contribution in [-0.4, -0.2) is 67.7 Å². The minimum atomic E-state index is -3.49. The van der Waals surface area contributed by atoms with Gasteiger partial charge in [0.2, 0.25) is 10.0 Å². The molecule has 0 unspecified atom stereocenters. The van der Waals surface area contributed by atoms with Crippen molar-refractivity contribution in [3.05, 3.63) is 51.2 Å². The zero-order valence-corrected chi connectivity index (χ0v) is 20.1. The van der Waals surface area contributed by atoms with Gasteiger partial charge in [-0.1, -0.05) is 18.5 Å². The fraction of sp³-hybridized carbons (Fsp3) is 0.500. The van der Waals surface area contributed by atoms with Gasteiger partial charge in [-0.15, -0.1) is 11.3 Å². The standard InChI is InChI=1S/C22H28ClN3O3S2/c1-17-8-10-26(11-9-17)31(28,29)20-5-2-18(3-6-20)22(27)25-14-12-24(13-15-25)16-19-4-7-21(23)30-19/h2-7,17H,8-16H2,1H3. The second-order valence-corrected chi connectivity index (χ2v) is 12.1. The molecule has 6 nitrogen and oxygen atoms in total. The van der Waals surface area contributed by atoms with E-state index in [9.17, 15) is 13.2 Å². The average Bonchev–Trinajstić information content (AvgIpc) is 3.18. The summed E-state index contributed by atoms with van der Waals surface area (Å²) < 4.78 is 28.1. The maximum absolute atomic E-state index is 12.9. The minimum Gasteiger partial charge on any atom is -0.336 e.